The van der Waals surface area contributed by atoms with E-state index in [4.69, 9.17) is 0 Å². The number of benzene rings is 1. The average Bonchev–Trinajstić information content (AvgIpc) is 2.77. The molecule has 0 N–H and O–H groups in total. The second-order valence-electron chi connectivity index (χ2n) is 2.86. The lowest BCUT2D eigenvalue weighted by molar-refractivity contribution is 0.381. The molecule has 2 aromatic rings. The Kier molecular flexibility index (Phi) is 2.67. The third-order valence-electron chi connectivity index (χ3n) is 1.93. The standard InChI is InChI=1S/C10H2F5S/c11-6-5(4-2-1-3-16-4)7(12)9(14)10(15)8(6)13/h1-2H. The van der Waals surface area contributed by atoms with E-state index in [0.717, 1.165) is 11.3 Å². The first-order valence-electron chi connectivity index (χ1n) is 4.01. The fraction of sp³-hybridized carbons (Fsp3) is 0. The fourth-order valence-corrected chi connectivity index (χ4v) is 1.88. The highest BCUT2D eigenvalue weighted by molar-refractivity contribution is 7.13. The van der Waals surface area contributed by atoms with Gasteiger partial charge in [-0.2, -0.15) is 0 Å². The van der Waals surface area contributed by atoms with Crippen molar-refractivity contribution in [1.29, 1.82) is 0 Å². The van der Waals surface area contributed by atoms with Gasteiger partial charge in [0.25, 0.3) is 0 Å². The summed E-state index contributed by atoms with van der Waals surface area (Å²) in [6.07, 6.45) is 0. The molecule has 1 heterocycles. The van der Waals surface area contributed by atoms with Crippen LogP contribution in [0.2, 0.25) is 0 Å². The third kappa shape index (κ3) is 1.49. The summed E-state index contributed by atoms with van der Waals surface area (Å²) < 4.78 is 64.8. The van der Waals surface area contributed by atoms with Gasteiger partial charge in [-0.05, 0) is 12.1 Å². The minimum Gasteiger partial charge on any atom is -0.203 e. The normalized spacial score (nSPS) is 10.8. The first-order chi connectivity index (χ1) is 7.54. The van der Waals surface area contributed by atoms with Crippen LogP contribution < -0.4 is 0 Å². The smallest absolute Gasteiger partial charge is 0.200 e. The first kappa shape index (κ1) is 11.1. The Labute approximate surface area is 91.0 Å². The molecule has 0 aliphatic heterocycles. The van der Waals surface area contributed by atoms with Crippen LogP contribution >= 0.6 is 11.3 Å². The maximum atomic E-state index is 13.2. The summed E-state index contributed by atoms with van der Waals surface area (Å²) in [5.41, 5.74) is -0.914. The molecule has 2 rings (SSSR count). The van der Waals surface area contributed by atoms with Crippen LogP contribution in [0, 0.1) is 34.5 Å². The highest BCUT2D eigenvalue weighted by Gasteiger charge is 2.26. The highest BCUT2D eigenvalue weighted by Crippen LogP contribution is 2.33. The maximum Gasteiger partial charge on any atom is 0.200 e. The summed E-state index contributed by atoms with van der Waals surface area (Å²) in [5.74, 6) is -9.69. The predicted octanol–water partition coefficient (Wildman–Crippen LogP) is 3.91. The molecule has 6 heteroatoms. The summed E-state index contributed by atoms with van der Waals surface area (Å²) >= 11 is 0.767. The van der Waals surface area contributed by atoms with Crippen molar-refractivity contribution in [3.63, 3.8) is 0 Å². The molecule has 1 aromatic carbocycles. The molecule has 0 bridgehead atoms. The van der Waals surface area contributed by atoms with Gasteiger partial charge in [-0.25, -0.2) is 22.0 Å². The molecule has 0 fully saturated rings. The topological polar surface area (TPSA) is 0 Å². The average molecular weight is 249 g/mol. The third-order valence-corrected chi connectivity index (χ3v) is 2.74. The lowest BCUT2D eigenvalue weighted by atomic mass is 10.1. The van der Waals surface area contributed by atoms with E-state index in [9.17, 15) is 22.0 Å². The summed E-state index contributed by atoms with van der Waals surface area (Å²) in [6, 6.07) is 2.56. The van der Waals surface area contributed by atoms with Crippen LogP contribution in [0.3, 0.4) is 0 Å². The number of halogens is 5. The van der Waals surface area contributed by atoms with E-state index >= 15 is 0 Å². The van der Waals surface area contributed by atoms with E-state index < -0.39 is 34.6 Å². The minimum absolute atomic E-state index is 0.0622. The van der Waals surface area contributed by atoms with Crippen molar-refractivity contribution in [2.24, 2.45) is 0 Å². The van der Waals surface area contributed by atoms with Crippen LogP contribution in [0.1, 0.15) is 0 Å². The van der Waals surface area contributed by atoms with Crippen LogP contribution in [-0.2, 0) is 0 Å². The molecule has 1 aromatic heterocycles. The van der Waals surface area contributed by atoms with Gasteiger partial charge in [0.2, 0.25) is 5.82 Å². The van der Waals surface area contributed by atoms with Gasteiger partial charge >= 0.3 is 0 Å². The maximum absolute atomic E-state index is 13.2. The second kappa shape index (κ2) is 3.86. The molecule has 0 amide bonds. The molecule has 0 spiro atoms. The van der Waals surface area contributed by atoms with Crippen molar-refractivity contribution >= 4 is 11.3 Å². The van der Waals surface area contributed by atoms with Gasteiger partial charge in [-0.1, -0.05) is 0 Å². The van der Waals surface area contributed by atoms with E-state index in [2.05, 4.69) is 5.38 Å². The highest BCUT2D eigenvalue weighted by atomic mass is 32.1. The van der Waals surface area contributed by atoms with E-state index in [-0.39, 0.29) is 4.88 Å². The van der Waals surface area contributed by atoms with Crippen molar-refractivity contribution in [1.82, 2.24) is 0 Å². The van der Waals surface area contributed by atoms with Crippen LogP contribution in [0.5, 0.6) is 0 Å². The predicted molar refractivity (Wildman–Crippen MR) is 48.4 cm³/mol. The van der Waals surface area contributed by atoms with Crippen molar-refractivity contribution in [2.45, 2.75) is 0 Å². The van der Waals surface area contributed by atoms with Crippen molar-refractivity contribution in [2.75, 3.05) is 0 Å². The molecule has 0 saturated heterocycles. The molecular formula is C10H2F5S. The van der Waals surface area contributed by atoms with Gasteiger partial charge in [0, 0.05) is 10.3 Å². The lowest BCUT2D eigenvalue weighted by Gasteiger charge is -2.05. The fourth-order valence-electron chi connectivity index (χ4n) is 1.20. The molecular weight excluding hydrogens is 247 g/mol. The number of rotatable bonds is 1. The Morgan fingerprint density at radius 1 is 0.812 bits per heavy atom. The second-order valence-corrected chi connectivity index (χ2v) is 3.74. The van der Waals surface area contributed by atoms with E-state index in [1.54, 1.807) is 0 Å². The van der Waals surface area contributed by atoms with Gasteiger partial charge < -0.3 is 0 Å². The summed E-state index contributed by atoms with van der Waals surface area (Å²) in [5, 5.41) is 2.51. The van der Waals surface area contributed by atoms with Gasteiger partial charge in [0.05, 0.1) is 5.56 Å². The van der Waals surface area contributed by atoms with E-state index in [1.807, 2.05) is 0 Å². The molecule has 0 unspecified atom stereocenters. The van der Waals surface area contributed by atoms with Crippen LogP contribution in [0.15, 0.2) is 12.1 Å². The van der Waals surface area contributed by atoms with Crippen LogP contribution in [0.4, 0.5) is 22.0 Å². The van der Waals surface area contributed by atoms with Crippen LogP contribution in [-0.4, -0.2) is 0 Å². The van der Waals surface area contributed by atoms with Gasteiger partial charge in [0.1, 0.15) is 0 Å². The van der Waals surface area contributed by atoms with Gasteiger partial charge in [-0.3, -0.25) is 0 Å². The Bertz CT molecular complexity index is 504. The van der Waals surface area contributed by atoms with Crippen LogP contribution in [0.25, 0.3) is 10.4 Å². The van der Waals surface area contributed by atoms with Gasteiger partial charge in [-0.15, -0.1) is 11.3 Å². The van der Waals surface area contributed by atoms with Gasteiger partial charge in [0.15, 0.2) is 23.3 Å². The minimum atomic E-state index is -2.15. The van der Waals surface area contributed by atoms with Crippen molar-refractivity contribution in [3.8, 4) is 10.4 Å². The molecule has 83 valence electrons. The molecule has 0 aliphatic carbocycles. The molecule has 1 radical (unpaired) electrons. The SMILES string of the molecule is Fc1c(F)c(F)c(-c2cc[c]s2)c(F)c1F. The Hall–Kier alpha value is -1.43. The zero-order chi connectivity index (χ0) is 11.9. The summed E-state index contributed by atoms with van der Waals surface area (Å²) in [4.78, 5) is -0.0622. The summed E-state index contributed by atoms with van der Waals surface area (Å²) in [7, 11) is 0. The Morgan fingerprint density at radius 3 is 1.75 bits per heavy atom. The van der Waals surface area contributed by atoms with E-state index in [0.29, 0.717) is 0 Å². The number of hydrogen-bond donors (Lipinski definition) is 0. The van der Waals surface area contributed by atoms with Crippen molar-refractivity contribution in [3.05, 3.63) is 46.6 Å². The largest absolute Gasteiger partial charge is 0.203 e. The Morgan fingerprint density at radius 2 is 1.31 bits per heavy atom. The molecule has 0 atom stereocenters. The summed E-state index contributed by atoms with van der Waals surface area (Å²) in [6.45, 7) is 0. The zero-order valence-corrected chi connectivity index (χ0v) is 8.27. The lowest BCUT2D eigenvalue weighted by Crippen LogP contribution is -2.03. The van der Waals surface area contributed by atoms with Crippen molar-refractivity contribution < 1.29 is 22.0 Å². The van der Waals surface area contributed by atoms with E-state index in [1.165, 1.54) is 12.1 Å². The number of thiophene rings is 1. The molecule has 0 nitrogen and oxygen atoms in total. The quantitative estimate of drug-likeness (QED) is 0.408. The number of hydrogen-bond acceptors (Lipinski definition) is 1. The molecule has 0 aliphatic rings. The first-order valence-corrected chi connectivity index (χ1v) is 4.83. The Balaban J connectivity index is 2.81. The molecule has 0 saturated carbocycles. The zero-order valence-electron chi connectivity index (χ0n) is 7.45. The monoisotopic (exact) mass is 249 g/mol. The molecule has 16 heavy (non-hydrogen) atoms.